The highest BCUT2D eigenvalue weighted by Crippen LogP contribution is 2.13. The van der Waals surface area contributed by atoms with Crippen molar-refractivity contribution in [3.63, 3.8) is 0 Å². The van der Waals surface area contributed by atoms with E-state index in [1.807, 2.05) is 19.1 Å². The maximum atomic E-state index is 11.5. The maximum Gasteiger partial charge on any atom is 0.273 e. The Kier molecular flexibility index (Phi) is 3.88. The fraction of sp³-hybridized carbons (Fsp3) is 0.333. The lowest BCUT2D eigenvalue weighted by molar-refractivity contribution is 0.0951. The van der Waals surface area contributed by atoms with E-state index < -0.39 is 0 Å². The van der Waals surface area contributed by atoms with Crippen molar-refractivity contribution >= 4 is 21.8 Å². The van der Waals surface area contributed by atoms with Gasteiger partial charge in [0.15, 0.2) is 5.69 Å². The monoisotopic (exact) mass is 257 g/mol. The van der Waals surface area contributed by atoms with Crippen molar-refractivity contribution < 1.29 is 4.79 Å². The Balaban J connectivity index is 2.65. The van der Waals surface area contributed by atoms with Gasteiger partial charge in [0.2, 0.25) is 0 Å². The van der Waals surface area contributed by atoms with Gasteiger partial charge < -0.3 is 5.32 Å². The van der Waals surface area contributed by atoms with Crippen molar-refractivity contribution in [1.29, 1.82) is 0 Å². The van der Waals surface area contributed by atoms with E-state index in [2.05, 4.69) is 26.3 Å². The summed E-state index contributed by atoms with van der Waals surface area (Å²) in [4.78, 5) is 11.5. The zero-order chi connectivity index (χ0) is 10.6. The Morgan fingerprint density at radius 3 is 3.00 bits per heavy atom. The Labute approximate surface area is 91.1 Å². The van der Waals surface area contributed by atoms with Crippen LogP contribution in [0.15, 0.2) is 22.8 Å². The second-order valence-corrected chi connectivity index (χ2v) is 3.63. The van der Waals surface area contributed by atoms with Gasteiger partial charge in [0, 0.05) is 19.8 Å². The zero-order valence-corrected chi connectivity index (χ0v) is 9.71. The van der Waals surface area contributed by atoms with E-state index in [0.717, 1.165) is 0 Å². The van der Waals surface area contributed by atoms with Crippen LogP contribution in [0.3, 0.4) is 0 Å². The van der Waals surface area contributed by atoms with Crippen LogP contribution >= 0.6 is 15.9 Å². The molecule has 0 atom stereocenters. The second-order valence-electron chi connectivity index (χ2n) is 2.78. The Bertz CT molecular complexity index is 357. The molecule has 0 spiro atoms. The SMILES string of the molecule is C/C=C/CNC(=O)c1nn(C)cc1Br. The number of aryl methyl sites for hydroxylation is 1. The van der Waals surface area contributed by atoms with E-state index in [4.69, 9.17) is 0 Å². The minimum absolute atomic E-state index is 0.171. The lowest BCUT2D eigenvalue weighted by Gasteiger charge is -1.98. The van der Waals surface area contributed by atoms with Crippen LogP contribution in [0.5, 0.6) is 0 Å². The molecule has 0 saturated carbocycles. The third-order valence-electron chi connectivity index (χ3n) is 1.62. The lowest BCUT2D eigenvalue weighted by Crippen LogP contribution is -2.24. The van der Waals surface area contributed by atoms with Crippen molar-refractivity contribution in [2.45, 2.75) is 6.92 Å². The van der Waals surface area contributed by atoms with Crippen LogP contribution in [0, 0.1) is 0 Å². The molecular weight excluding hydrogens is 246 g/mol. The number of hydrogen-bond acceptors (Lipinski definition) is 2. The molecule has 0 bridgehead atoms. The van der Waals surface area contributed by atoms with E-state index in [1.54, 1.807) is 17.9 Å². The molecule has 14 heavy (non-hydrogen) atoms. The van der Waals surface area contributed by atoms with Gasteiger partial charge in [-0.3, -0.25) is 9.48 Å². The third kappa shape index (κ3) is 2.70. The largest absolute Gasteiger partial charge is 0.347 e. The number of allylic oxidation sites excluding steroid dienone is 1. The van der Waals surface area contributed by atoms with Crippen molar-refractivity contribution in [2.24, 2.45) is 7.05 Å². The molecule has 0 aliphatic carbocycles. The van der Waals surface area contributed by atoms with Gasteiger partial charge in [0.1, 0.15) is 0 Å². The maximum absolute atomic E-state index is 11.5. The average Bonchev–Trinajstić information content (AvgIpc) is 2.45. The summed E-state index contributed by atoms with van der Waals surface area (Å²) >= 11 is 3.26. The molecule has 1 rings (SSSR count). The number of carbonyl (C=O) groups excluding carboxylic acids is 1. The Hall–Kier alpha value is -1.10. The number of halogens is 1. The van der Waals surface area contributed by atoms with Gasteiger partial charge >= 0.3 is 0 Å². The summed E-state index contributed by atoms with van der Waals surface area (Å²) in [6.45, 7) is 2.43. The van der Waals surface area contributed by atoms with Gasteiger partial charge in [-0.2, -0.15) is 5.10 Å². The van der Waals surface area contributed by atoms with E-state index in [9.17, 15) is 4.79 Å². The number of nitrogens with one attached hydrogen (secondary N) is 1. The fourth-order valence-electron chi connectivity index (χ4n) is 0.967. The molecule has 0 aliphatic rings. The standard InChI is InChI=1S/C9H12BrN3O/c1-3-4-5-11-9(14)8-7(10)6-13(2)12-8/h3-4,6H,5H2,1-2H3,(H,11,14)/b4-3+. The van der Waals surface area contributed by atoms with Crippen LogP contribution in [0.4, 0.5) is 0 Å². The van der Waals surface area contributed by atoms with Crippen molar-refractivity contribution in [3.05, 3.63) is 28.5 Å². The van der Waals surface area contributed by atoms with Gasteiger partial charge in [-0.15, -0.1) is 0 Å². The van der Waals surface area contributed by atoms with Gasteiger partial charge in [0.25, 0.3) is 5.91 Å². The van der Waals surface area contributed by atoms with E-state index in [0.29, 0.717) is 16.7 Å². The van der Waals surface area contributed by atoms with E-state index in [-0.39, 0.29) is 5.91 Å². The van der Waals surface area contributed by atoms with Gasteiger partial charge in [-0.1, -0.05) is 12.2 Å². The summed E-state index contributed by atoms with van der Waals surface area (Å²) in [5.41, 5.74) is 0.414. The molecule has 0 saturated heterocycles. The van der Waals surface area contributed by atoms with Crippen LogP contribution in [0.25, 0.3) is 0 Å². The topological polar surface area (TPSA) is 46.9 Å². The summed E-state index contributed by atoms with van der Waals surface area (Å²) < 4.78 is 2.30. The molecule has 1 aromatic heterocycles. The first-order valence-electron chi connectivity index (χ1n) is 4.23. The fourth-order valence-corrected chi connectivity index (χ4v) is 1.52. The molecule has 1 amide bonds. The smallest absolute Gasteiger partial charge is 0.273 e. The first-order chi connectivity index (χ1) is 6.65. The summed E-state index contributed by atoms with van der Waals surface area (Å²) in [6, 6.07) is 0. The van der Waals surface area contributed by atoms with Crippen LogP contribution in [-0.2, 0) is 7.05 Å². The van der Waals surface area contributed by atoms with Gasteiger partial charge in [-0.25, -0.2) is 0 Å². The van der Waals surface area contributed by atoms with Crippen molar-refractivity contribution in [1.82, 2.24) is 15.1 Å². The molecule has 1 N–H and O–H groups in total. The predicted octanol–water partition coefficient (Wildman–Crippen LogP) is 1.49. The van der Waals surface area contributed by atoms with E-state index >= 15 is 0 Å². The normalized spacial score (nSPS) is 10.8. The van der Waals surface area contributed by atoms with Crippen LogP contribution in [0.2, 0.25) is 0 Å². The number of carbonyl (C=O) groups is 1. The van der Waals surface area contributed by atoms with Crippen molar-refractivity contribution in [3.8, 4) is 0 Å². The quantitative estimate of drug-likeness (QED) is 0.835. The summed E-state index contributed by atoms with van der Waals surface area (Å²) in [5.74, 6) is -0.171. The number of amides is 1. The number of nitrogens with zero attached hydrogens (tertiary/aromatic N) is 2. The molecule has 0 fully saturated rings. The minimum atomic E-state index is -0.171. The van der Waals surface area contributed by atoms with Gasteiger partial charge in [0.05, 0.1) is 4.47 Å². The number of aromatic nitrogens is 2. The number of hydrogen-bond donors (Lipinski definition) is 1. The highest BCUT2D eigenvalue weighted by atomic mass is 79.9. The molecule has 76 valence electrons. The molecule has 1 aromatic rings. The van der Waals surface area contributed by atoms with E-state index in [1.165, 1.54) is 0 Å². The molecule has 5 heteroatoms. The minimum Gasteiger partial charge on any atom is -0.347 e. The molecule has 0 aromatic carbocycles. The molecule has 4 nitrogen and oxygen atoms in total. The molecule has 1 heterocycles. The zero-order valence-electron chi connectivity index (χ0n) is 8.12. The number of rotatable bonds is 3. The Morgan fingerprint density at radius 1 is 1.79 bits per heavy atom. The highest BCUT2D eigenvalue weighted by Gasteiger charge is 2.12. The average molecular weight is 258 g/mol. The Morgan fingerprint density at radius 2 is 2.50 bits per heavy atom. The third-order valence-corrected chi connectivity index (χ3v) is 2.20. The molecule has 0 unspecified atom stereocenters. The molecule has 0 aliphatic heterocycles. The first-order valence-corrected chi connectivity index (χ1v) is 5.03. The summed E-state index contributed by atoms with van der Waals surface area (Å²) in [6.07, 6.45) is 5.49. The summed E-state index contributed by atoms with van der Waals surface area (Å²) in [7, 11) is 1.77. The van der Waals surface area contributed by atoms with Crippen LogP contribution in [0.1, 0.15) is 17.4 Å². The van der Waals surface area contributed by atoms with Gasteiger partial charge in [-0.05, 0) is 22.9 Å². The van der Waals surface area contributed by atoms with Crippen molar-refractivity contribution in [2.75, 3.05) is 6.54 Å². The van der Waals surface area contributed by atoms with Crippen LogP contribution < -0.4 is 5.32 Å². The van der Waals surface area contributed by atoms with Crippen LogP contribution in [-0.4, -0.2) is 22.2 Å². The highest BCUT2D eigenvalue weighted by molar-refractivity contribution is 9.10. The lowest BCUT2D eigenvalue weighted by atomic mass is 10.4. The first kappa shape index (κ1) is 11.0. The second kappa shape index (κ2) is 4.95. The predicted molar refractivity (Wildman–Crippen MR) is 58.1 cm³/mol. The molecular formula is C9H12BrN3O. The molecule has 0 radical (unpaired) electrons. The summed E-state index contributed by atoms with van der Waals surface area (Å²) in [5, 5.41) is 6.74.